The van der Waals surface area contributed by atoms with Crippen molar-refractivity contribution in [1.82, 2.24) is 14.9 Å². The molecular weight excluding hydrogens is 347 g/mol. The van der Waals surface area contributed by atoms with E-state index in [1.165, 1.54) is 25.3 Å². The molecule has 0 spiro atoms. The SMILES string of the molecule is COc1nccnc1NC1CCN(C(=O)c2cc(Cl)ccc2F)CC1. The molecule has 3 rings (SSSR count). The number of halogens is 2. The van der Waals surface area contributed by atoms with Crippen LogP contribution in [-0.4, -0.2) is 47.0 Å². The lowest BCUT2D eigenvalue weighted by atomic mass is 10.0. The summed E-state index contributed by atoms with van der Waals surface area (Å²) in [5.41, 5.74) is 0.00880. The molecule has 1 amide bonds. The van der Waals surface area contributed by atoms with Crippen molar-refractivity contribution in [2.45, 2.75) is 18.9 Å². The molecule has 1 aliphatic heterocycles. The quantitative estimate of drug-likeness (QED) is 0.903. The highest BCUT2D eigenvalue weighted by Crippen LogP contribution is 2.23. The van der Waals surface area contributed by atoms with Crippen molar-refractivity contribution in [1.29, 1.82) is 0 Å². The highest BCUT2D eigenvalue weighted by Gasteiger charge is 2.26. The summed E-state index contributed by atoms with van der Waals surface area (Å²) in [4.78, 5) is 22.5. The summed E-state index contributed by atoms with van der Waals surface area (Å²) in [6.45, 7) is 1.04. The zero-order chi connectivity index (χ0) is 17.8. The van der Waals surface area contributed by atoms with E-state index in [1.54, 1.807) is 17.3 Å². The number of carbonyl (C=O) groups excluding carboxylic acids is 1. The molecule has 1 aromatic carbocycles. The van der Waals surface area contributed by atoms with E-state index in [2.05, 4.69) is 15.3 Å². The van der Waals surface area contributed by atoms with Crippen LogP contribution < -0.4 is 10.1 Å². The van der Waals surface area contributed by atoms with Gasteiger partial charge < -0.3 is 15.0 Å². The number of hydrogen-bond acceptors (Lipinski definition) is 5. The standard InChI is InChI=1S/C17H18ClFN4O2/c1-25-16-15(20-6-7-21-16)22-12-4-8-23(9-5-12)17(24)13-10-11(18)2-3-14(13)19/h2-3,6-7,10,12H,4-5,8-9H2,1H3,(H,20,22). The van der Waals surface area contributed by atoms with E-state index in [9.17, 15) is 9.18 Å². The van der Waals surface area contributed by atoms with E-state index in [0.29, 0.717) is 42.7 Å². The molecule has 0 aliphatic carbocycles. The van der Waals surface area contributed by atoms with Crippen LogP contribution in [0.15, 0.2) is 30.6 Å². The lowest BCUT2D eigenvalue weighted by molar-refractivity contribution is 0.0713. The van der Waals surface area contributed by atoms with Crippen LogP contribution in [0.1, 0.15) is 23.2 Å². The molecule has 6 nitrogen and oxygen atoms in total. The number of amides is 1. The van der Waals surface area contributed by atoms with E-state index >= 15 is 0 Å². The molecule has 2 heterocycles. The first-order valence-corrected chi connectivity index (χ1v) is 8.32. The highest BCUT2D eigenvalue weighted by atomic mass is 35.5. The predicted octanol–water partition coefficient (Wildman–Crippen LogP) is 2.99. The number of carbonyl (C=O) groups is 1. The molecule has 0 radical (unpaired) electrons. The summed E-state index contributed by atoms with van der Waals surface area (Å²) in [7, 11) is 1.54. The third-order valence-corrected chi connectivity index (χ3v) is 4.37. The molecule has 8 heteroatoms. The van der Waals surface area contributed by atoms with E-state index in [0.717, 1.165) is 0 Å². The fraction of sp³-hybridized carbons (Fsp3) is 0.353. The Kier molecular flexibility index (Phi) is 5.33. The van der Waals surface area contributed by atoms with Crippen LogP contribution >= 0.6 is 11.6 Å². The fourth-order valence-electron chi connectivity index (χ4n) is 2.83. The van der Waals surface area contributed by atoms with Crippen molar-refractivity contribution in [3.05, 3.63) is 47.0 Å². The first-order valence-electron chi connectivity index (χ1n) is 7.94. The van der Waals surface area contributed by atoms with Crippen LogP contribution in [0.2, 0.25) is 5.02 Å². The Bertz CT molecular complexity index is 766. The second kappa shape index (κ2) is 7.65. The first-order chi connectivity index (χ1) is 12.1. The number of rotatable bonds is 4. The number of methoxy groups -OCH3 is 1. The maximum atomic E-state index is 13.9. The van der Waals surface area contributed by atoms with Crippen molar-refractivity contribution in [3.8, 4) is 5.88 Å². The number of anilines is 1. The van der Waals surface area contributed by atoms with Crippen molar-refractivity contribution < 1.29 is 13.9 Å². The van der Waals surface area contributed by atoms with E-state index in [4.69, 9.17) is 16.3 Å². The fourth-order valence-corrected chi connectivity index (χ4v) is 3.00. The number of hydrogen-bond donors (Lipinski definition) is 1. The summed E-state index contributed by atoms with van der Waals surface area (Å²) in [5, 5.41) is 3.63. The molecule has 2 aromatic rings. The number of piperidine rings is 1. The number of benzene rings is 1. The van der Waals surface area contributed by atoms with Gasteiger partial charge in [0, 0.05) is 36.5 Å². The van der Waals surface area contributed by atoms with Crippen LogP contribution in [-0.2, 0) is 0 Å². The third-order valence-electron chi connectivity index (χ3n) is 4.14. The lowest BCUT2D eigenvalue weighted by Crippen LogP contribution is -2.42. The zero-order valence-electron chi connectivity index (χ0n) is 13.7. The van der Waals surface area contributed by atoms with E-state index in [1.807, 2.05) is 0 Å². The van der Waals surface area contributed by atoms with Gasteiger partial charge in [0.2, 0.25) is 0 Å². The average Bonchev–Trinajstić information content (AvgIpc) is 2.64. The zero-order valence-corrected chi connectivity index (χ0v) is 14.5. The molecular formula is C17H18ClFN4O2. The first kappa shape index (κ1) is 17.4. The third kappa shape index (κ3) is 3.99. The van der Waals surface area contributed by atoms with Gasteiger partial charge in [-0.15, -0.1) is 0 Å². The van der Waals surface area contributed by atoms with Crippen LogP contribution in [0, 0.1) is 5.82 Å². The van der Waals surface area contributed by atoms with Gasteiger partial charge >= 0.3 is 0 Å². The van der Waals surface area contributed by atoms with Crippen molar-refractivity contribution in [2.24, 2.45) is 0 Å². The molecule has 1 aromatic heterocycles. The smallest absolute Gasteiger partial charge is 0.257 e. The van der Waals surface area contributed by atoms with Gasteiger partial charge in [-0.05, 0) is 31.0 Å². The van der Waals surface area contributed by atoms with Crippen molar-refractivity contribution in [3.63, 3.8) is 0 Å². The van der Waals surface area contributed by atoms with Gasteiger partial charge in [-0.25, -0.2) is 14.4 Å². The minimum atomic E-state index is -0.557. The maximum absolute atomic E-state index is 13.9. The molecule has 0 atom stereocenters. The Hall–Kier alpha value is -2.41. The molecule has 1 saturated heterocycles. The van der Waals surface area contributed by atoms with E-state index < -0.39 is 5.82 Å². The lowest BCUT2D eigenvalue weighted by Gasteiger charge is -2.32. The molecule has 1 fully saturated rings. The van der Waals surface area contributed by atoms with Gasteiger partial charge in [-0.3, -0.25) is 4.79 Å². The second-order valence-corrected chi connectivity index (χ2v) is 6.19. The molecule has 0 saturated carbocycles. The topological polar surface area (TPSA) is 67.4 Å². The number of aromatic nitrogens is 2. The van der Waals surface area contributed by atoms with Crippen LogP contribution in [0.4, 0.5) is 10.2 Å². The molecule has 132 valence electrons. The van der Waals surface area contributed by atoms with Crippen molar-refractivity contribution in [2.75, 3.05) is 25.5 Å². The Morgan fingerprint density at radius 1 is 1.32 bits per heavy atom. The Morgan fingerprint density at radius 3 is 2.76 bits per heavy atom. The second-order valence-electron chi connectivity index (χ2n) is 5.75. The molecule has 1 N–H and O–H groups in total. The summed E-state index contributed by atoms with van der Waals surface area (Å²) >= 11 is 5.87. The monoisotopic (exact) mass is 364 g/mol. The summed E-state index contributed by atoms with van der Waals surface area (Å²) < 4.78 is 19.0. The van der Waals surface area contributed by atoms with Gasteiger partial charge in [0.25, 0.3) is 11.8 Å². The van der Waals surface area contributed by atoms with Crippen LogP contribution in [0.25, 0.3) is 0 Å². The molecule has 1 aliphatic rings. The van der Waals surface area contributed by atoms with Crippen LogP contribution in [0.5, 0.6) is 5.88 Å². The normalized spacial score (nSPS) is 15.1. The molecule has 0 bridgehead atoms. The number of nitrogens with zero attached hydrogens (tertiary/aromatic N) is 3. The predicted molar refractivity (Wildman–Crippen MR) is 92.5 cm³/mol. The number of likely N-dealkylation sites (tertiary alicyclic amines) is 1. The number of nitrogens with one attached hydrogen (secondary N) is 1. The largest absolute Gasteiger partial charge is 0.478 e. The Labute approximate surface area is 150 Å². The van der Waals surface area contributed by atoms with Crippen LogP contribution in [0.3, 0.4) is 0 Å². The highest BCUT2D eigenvalue weighted by molar-refractivity contribution is 6.31. The Morgan fingerprint density at radius 2 is 2.04 bits per heavy atom. The minimum absolute atomic E-state index is 0.00880. The Balaban J connectivity index is 1.62. The van der Waals surface area contributed by atoms with Gasteiger partial charge in [0.15, 0.2) is 5.82 Å². The van der Waals surface area contributed by atoms with E-state index in [-0.39, 0.29) is 17.5 Å². The summed E-state index contributed by atoms with van der Waals surface area (Å²) in [5.74, 6) is 0.118. The molecule has 25 heavy (non-hydrogen) atoms. The summed E-state index contributed by atoms with van der Waals surface area (Å²) in [6.07, 6.45) is 4.58. The average molecular weight is 365 g/mol. The number of ether oxygens (including phenoxy) is 1. The van der Waals surface area contributed by atoms with Crippen molar-refractivity contribution >= 4 is 23.3 Å². The van der Waals surface area contributed by atoms with Gasteiger partial charge in [0.1, 0.15) is 5.82 Å². The summed E-state index contributed by atoms with van der Waals surface area (Å²) in [6, 6.07) is 4.15. The van der Waals surface area contributed by atoms with Gasteiger partial charge in [-0.1, -0.05) is 11.6 Å². The van der Waals surface area contributed by atoms with Gasteiger partial charge in [0.05, 0.1) is 12.7 Å². The minimum Gasteiger partial charge on any atom is -0.478 e. The molecule has 0 unspecified atom stereocenters. The maximum Gasteiger partial charge on any atom is 0.257 e. The van der Waals surface area contributed by atoms with Gasteiger partial charge in [-0.2, -0.15) is 0 Å².